The second kappa shape index (κ2) is 8.48. The molecule has 0 amide bonds. The number of hydrogen-bond donors (Lipinski definition) is 0. The van der Waals surface area contributed by atoms with Crippen LogP contribution in [0.3, 0.4) is 0 Å². The number of hydrogen-bond acceptors (Lipinski definition) is 1. The molecular weight excluding hydrogens is 330 g/mol. The Bertz CT molecular complexity index is 757. The number of halogens is 2. The van der Waals surface area contributed by atoms with Crippen LogP contribution in [-0.4, -0.2) is 6.61 Å². The lowest BCUT2D eigenvalue weighted by Crippen LogP contribution is -2.11. The van der Waals surface area contributed by atoms with Gasteiger partial charge in [-0.1, -0.05) is 36.4 Å². The minimum Gasteiger partial charge on any atom is -0.491 e. The maximum atomic E-state index is 14.4. The van der Waals surface area contributed by atoms with Crippen LogP contribution in [0.25, 0.3) is 11.1 Å². The van der Waals surface area contributed by atoms with E-state index in [9.17, 15) is 8.78 Å². The van der Waals surface area contributed by atoms with E-state index in [1.807, 2.05) is 12.1 Å². The van der Waals surface area contributed by atoms with Gasteiger partial charge in [0.15, 0.2) is 11.6 Å². The lowest BCUT2D eigenvalue weighted by atomic mass is 9.78. The summed E-state index contributed by atoms with van der Waals surface area (Å²) in [5.41, 5.74) is 2.25. The third-order valence-electron chi connectivity index (χ3n) is 5.28. The molecule has 26 heavy (non-hydrogen) atoms. The van der Waals surface area contributed by atoms with Crippen LogP contribution in [0.4, 0.5) is 8.78 Å². The van der Waals surface area contributed by atoms with E-state index >= 15 is 0 Å². The fourth-order valence-corrected chi connectivity index (χ4v) is 3.87. The predicted octanol–water partition coefficient (Wildman–Crippen LogP) is 6.88. The van der Waals surface area contributed by atoms with Crippen molar-refractivity contribution in [1.82, 2.24) is 0 Å². The molecule has 0 saturated heterocycles. The predicted molar refractivity (Wildman–Crippen MR) is 102 cm³/mol. The summed E-state index contributed by atoms with van der Waals surface area (Å²) in [7, 11) is 0. The van der Waals surface area contributed by atoms with E-state index in [0.29, 0.717) is 24.0 Å². The summed E-state index contributed by atoms with van der Waals surface area (Å²) in [4.78, 5) is 0. The van der Waals surface area contributed by atoms with Gasteiger partial charge in [0.2, 0.25) is 5.82 Å². The highest BCUT2D eigenvalue weighted by atomic mass is 19.2. The van der Waals surface area contributed by atoms with Crippen molar-refractivity contribution >= 4 is 0 Å². The number of ether oxygens (including phenoxy) is 1. The highest BCUT2D eigenvalue weighted by Crippen LogP contribution is 2.37. The molecule has 1 fully saturated rings. The first-order chi connectivity index (χ1) is 12.6. The first-order valence-electron chi connectivity index (χ1n) is 9.48. The van der Waals surface area contributed by atoms with Gasteiger partial charge in [0.25, 0.3) is 0 Å². The molecule has 1 aliphatic carbocycles. The molecule has 1 aliphatic rings. The molecule has 0 atom stereocenters. The molecule has 2 aromatic carbocycles. The van der Waals surface area contributed by atoms with Crippen molar-refractivity contribution in [2.75, 3.05) is 6.61 Å². The quantitative estimate of drug-likeness (QED) is 0.531. The smallest absolute Gasteiger partial charge is 0.201 e. The average molecular weight is 356 g/mol. The zero-order chi connectivity index (χ0) is 18.5. The Hall–Kier alpha value is -2.16. The molecule has 0 bridgehead atoms. The number of rotatable bonds is 5. The van der Waals surface area contributed by atoms with E-state index in [0.717, 1.165) is 0 Å². The minimum atomic E-state index is -0.921. The largest absolute Gasteiger partial charge is 0.491 e. The molecule has 3 rings (SSSR count). The van der Waals surface area contributed by atoms with Crippen molar-refractivity contribution in [1.29, 1.82) is 0 Å². The molecule has 0 N–H and O–H groups in total. The van der Waals surface area contributed by atoms with Gasteiger partial charge in [0, 0.05) is 5.56 Å². The van der Waals surface area contributed by atoms with E-state index in [4.69, 9.17) is 4.74 Å². The van der Waals surface area contributed by atoms with E-state index in [2.05, 4.69) is 31.2 Å². The summed E-state index contributed by atoms with van der Waals surface area (Å²) in [6.07, 6.45) is 9.25. The van der Waals surface area contributed by atoms with Crippen molar-refractivity contribution < 1.29 is 13.5 Å². The van der Waals surface area contributed by atoms with Gasteiger partial charge in [-0.05, 0) is 74.6 Å². The molecule has 0 spiro atoms. The molecule has 0 unspecified atom stereocenters. The highest BCUT2D eigenvalue weighted by molar-refractivity contribution is 5.65. The van der Waals surface area contributed by atoms with Crippen LogP contribution >= 0.6 is 0 Å². The first kappa shape index (κ1) is 18.6. The normalized spacial score (nSPS) is 20.5. The fraction of sp³-hybridized carbons (Fsp3) is 0.391. The van der Waals surface area contributed by atoms with E-state index < -0.39 is 11.6 Å². The monoisotopic (exact) mass is 356 g/mol. The van der Waals surface area contributed by atoms with Gasteiger partial charge >= 0.3 is 0 Å². The van der Waals surface area contributed by atoms with Crippen molar-refractivity contribution in [3.63, 3.8) is 0 Å². The lowest BCUT2D eigenvalue weighted by molar-refractivity contribution is 0.314. The van der Waals surface area contributed by atoms with Crippen molar-refractivity contribution in [3.8, 4) is 16.9 Å². The third kappa shape index (κ3) is 3.98. The van der Waals surface area contributed by atoms with Crippen LogP contribution in [0.15, 0.2) is 48.6 Å². The molecule has 3 heteroatoms. The molecule has 138 valence electrons. The molecule has 1 saturated carbocycles. The highest BCUT2D eigenvalue weighted by Gasteiger charge is 2.21. The van der Waals surface area contributed by atoms with Gasteiger partial charge < -0.3 is 4.74 Å². The molecular formula is C23H26F2O. The molecule has 2 aromatic rings. The van der Waals surface area contributed by atoms with E-state index in [1.165, 1.54) is 37.3 Å². The fourth-order valence-electron chi connectivity index (χ4n) is 3.87. The molecule has 0 aromatic heterocycles. The van der Waals surface area contributed by atoms with Gasteiger partial charge in [-0.2, -0.15) is 4.39 Å². The summed E-state index contributed by atoms with van der Waals surface area (Å²) >= 11 is 0. The Morgan fingerprint density at radius 1 is 0.962 bits per heavy atom. The molecule has 0 radical (unpaired) electrons. The Kier molecular flexibility index (Phi) is 6.08. The van der Waals surface area contributed by atoms with Crippen LogP contribution in [0.1, 0.15) is 51.0 Å². The summed E-state index contributed by atoms with van der Waals surface area (Å²) in [5, 5.41) is 0. The Morgan fingerprint density at radius 2 is 1.65 bits per heavy atom. The molecule has 0 aliphatic heterocycles. The lowest BCUT2D eigenvalue weighted by Gasteiger charge is -2.27. The van der Waals surface area contributed by atoms with Gasteiger partial charge in [-0.3, -0.25) is 0 Å². The van der Waals surface area contributed by atoms with Gasteiger partial charge in [-0.15, -0.1) is 0 Å². The molecule has 0 heterocycles. The summed E-state index contributed by atoms with van der Waals surface area (Å²) < 4.78 is 33.6. The number of benzene rings is 2. The summed E-state index contributed by atoms with van der Waals surface area (Å²) in [6, 6.07) is 11.0. The third-order valence-corrected chi connectivity index (χ3v) is 5.28. The standard InChI is InChI=1S/C23H26F2O/c1-3-5-16-6-8-17(9-7-16)18-10-12-19(13-11-18)20-14-15-21(26-4-2)23(25)22(20)24/h3,5,10-17H,4,6-9H2,1-2H3/b5-3+. The van der Waals surface area contributed by atoms with E-state index in [1.54, 1.807) is 13.0 Å². The van der Waals surface area contributed by atoms with Gasteiger partial charge in [0.05, 0.1) is 6.61 Å². The minimum absolute atomic E-state index is 0.0386. The zero-order valence-electron chi connectivity index (χ0n) is 15.5. The van der Waals surface area contributed by atoms with Crippen LogP contribution in [0, 0.1) is 17.6 Å². The van der Waals surface area contributed by atoms with Crippen molar-refractivity contribution in [2.45, 2.75) is 45.4 Å². The second-order valence-electron chi connectivity index (χ2n) is 6.93. The van der Waals surface area contributed by atoms with E-state index in [-0.39, 0.29) is 11.3 Å². The Balaban J connectivity index is 1.75. The maximum Gasteiger partial charge on any atom is 0.201 e. The second-order valence-corrected chi connectivity index (χ2v) is 6.93. The molecule has 1 nitrogen and oxygen atoms in total. The Labute approximate surface area is 154 Å². The average Bonchev–Trinajstić information content (AvgIpc) is 2.67. The van der Waals surface area contributed by atoms with Crippen molar-refractivity contribution in [3.05, 3.63) is 65.7 Å². The SMILES string of the molecule is C/C=C/C1CCC(c2ccc(-c3ccc(OCC)c(F)c3F)cc2)CC1. The topological polar surface area (TPSA) is 9.23 Å². The van der Waals surface area contributed by atoms with Crippen LogP contribution in [-0.2, 0) is 0 Å². The van der Waals surface area contributed by atoms with Crippen molar-refractivity contribution in [2.24, 2.45) is 5.92 Å². The maximum absolute atomic E-state index is 14.4. The number of allylic oxidation sites excluding steroid dienone is 2. The Morgan fingerprint density at radius 3 is 2.27 bits per heavy atom. The first-order valence-corrected chi connectivity index (χ1v) is 9.48. The summed E-state index contributed by atoms with van der Waals surface area (Å²) in [6.45, 7) is 4.13. The van der Waals surface area contributed by atoms with Gasteiger partial charge in [-0.25, -0.2) is 4.39 Å². The van der Waals surface area contributed by atoms with Gasteiger partial charge in [0.1, 0.15) is 0 Å². The van der Waals surface area contributed by atoms with Crippen LogP contribution in [0.2, 0.25) is 0 Å². The van der Waals surface area contributed by atoms with Crippen LogP contribution < -0.4 is 4.74 Å². The zero-order valence-corrected chi connectivity index (χ0v) is 15.5. The summed E-state index contributed by atoms with van der Waals surface area (Å²) in [5.74, 6) is -0.543. The van der Waals surface area contributed by atoms with Crippen LogP contribution in [0.5, 0.6) is 5.75 Å².